The molecule has 1 aromatic heterocycles. The van der Waals surface area contributed by atoms with Crippen LogP contribution in [0.25, 0.3) is 5.69 Å². The smallest absolute Gasteiger partial charge is 0.237 e. The van der Waals surface area contributed by atoms with Crippen LogP contribution in [0.1, 0.15) is 18.9 Å². The maximum Gasteiger partial charge on any atom is 0.237 e. The second-order valence-electron chi connectivity index (χ2n) is 4.31. The van der Waals surface area contributed by atoms with Crippen molar-refractivity contribution in [1.29, 1.82) is 0 Å². The average molecular weight is 258 g/mol. The highest BCUT2D eigenvalue weighted by atomic mass is 16.2. The monoisotopic (exact) mass is 258 g/mol. The second kappa shape index (κ2) is 6.15. The molecule has 0 radical (unpaired) electrons. The number of nitrogens with two attached hydrogens (primary N) is 1. The number of rotatable bonds is 5. The number of amides is 1. The van der Waals surface area contributed by atoms with E-state index in [2.05, 4.69) is 10.4 Å². The van der Waals surface area contributed by atoms with Gasteiger partial charge in [-0.25, -0.2) is 4.68 Å². The first-order valence-electron chi connectivity index (χ1n) is 6.33. The van der Waals surface area contributed by atoms with Crippen molar-refractivity contribution < 1.29 is 4.79 Å². The van der Waals surface area contributed by atoms with E-state index in [4.69, 9.17) is 5.73 Å². The molecule has 1 amide bonds. The van der Waals surface area contributed by atoms with Gasteiger partial charge in [-0.3, -0.25) is 4.79 Å². The summed E-state index contributed by atoms with van der Waals surface area (Å²) < 4.78 is 1.78. The summed E-state index contributed by atoms with van der Waals surface area (Å²) in [4.78, 5) is 11.7. The molecule has 0 aliphatic carbocycles. The van der Waals surface area contributed by atoms with Crippen LogP contribution in [-0.4, -0.2) is 21.7 Å². The minimum absolute atomic E-state index is 0.127. The molecule has 1 aromatic carbocycles. The molecule has 2 rings (SSSR count). The predicted octanol–water partition coefficient (Wildman–Crippen LogP) is 1.23. The van der Waals surface area contributed by atoms with Gasteiger partial charge in [0.05, 0.1) is 11.7 Å². The summed E-state index contributed by atoms with van der Waals surface area (Å²) in [6.07, 6.45) is 4.23. The van der Waals surface area contributed by atoms with Crippen molar-refractivity contribution in [3.8, 4) is 5.69 Å². The number of para-hydroxylation sites is 1. The Morgan fingerprint density at radius 2 is 2.21 bits per heavy atom. The van der Waals surface area contributed by atoms with Crippen LogP contribution >= 0.6 is 0 Å². The minimum atomic E-state index is -0.447. The molecule has 0 aliphatic rings. The van der Waals surface area contributed by atoms with Crippen molar-refractivity contribution in [3.63, 3.8) is 0 Å². The van der Waals surface area contributed by atoms with Crippen LogP contribution in [-0.2, 0) is 11.3 Å². The molecule has 0 spiro atoms. The van der Waals surface area contributed by atoms with Gasteiger partial charge in [0, 0.05) is 18.9 Å². The first-order valence-corrected chi connectivity index (χ1v) is 6.33. The van der Waals surface area contributed by atoms with Crippen molar-refractivity contribution in [2.45, 2.75) is 25.9 Å². The van der Waals surface area contributed by atoms with E-state index in [0.29, 0.717) is 13.0 Å². The normalized spacial score (nSPS) is 12.1. The number of nitrogens with one attached hydrogen (secondary N) is 1. The Balaban J connectivity index is 2.11. The Labute approximate surface area is 112 Å². The van der Waals surface area contributed by atoms with Gasteiger partial charge in [0.25, 0.3) is 0 Å². The molecule has 5 heteroatoms. The average Bonchev–Trinajstić information content (AvgIpc) is 2.98. The Morgan fingerprint density at radius 1 is 1.42 bits per heavy atom. The first-order chi connectivity index (χ1) is 9.22. The van der Waals surface area contributed by atoms with Crippen LogP contribution in [0.15, 0.2) is 42.7 Å². The first kappa shape index (κ1) is 13.3. The van der Waals surface area contributed by atoms with Gasteiger partial charge in [0.15, 0.2) is 0 Å². The van der Waals surface area contributed by atoms with Crippen LogP contribution in [0.5, 0.6) is 0 Å². The molecule has 2 aromatic rings. The molecule has 0 bridgehead atoms. The molecule has 3 N–H and O–H groups in total. The number of hydrogen-bond donors (Lipinski definition) is 2. The van der Waals surface area contributed by atoms with Crippen molar-refractivity contribution in [3.05, 3.63) is 48.3 Å². The quantitative estimate of drug-likeness (QED) is 0.847. The predicted molar refractivity (Wildman–Crippen MR) is 73.7 cm³/mol. The Hall–Kier alpha value is -2.14. The van der Waals surface area contributed by atoms with Gasteiger partial charge in [-0.2, -0.15) is 5.10 Å². The zero-order chi connectivity index (χ0) is 13.7. The summed E-state index contributed by atoms with van der Waals surface area (Å²) in [6, 6.07) is 9.23. The zero-order valence-corrected chi connectivity index (χ0v) is 10.9. The van der Waals surface area contributed by atoms with E-state index in [9.17, 15) is 4.79 Å². The minimum Gasteiger partial charge on any atom is -0.351 e. The van der Waals surface area contributed by atoms with E-state index >= 15 is 0 Å². The number of nitrogens with zero attached hydrogens (tertiary/aromatic N) is 2. The molecule has 1 atom stereocenters. The lowest BCUT2D eigenvalue weighted by Crippen LogP contribution is -2.39. The molecular formula is C14H18N4O. The summed E-state index contributed by atoms with van der Waals surface area (Å²) in [5.41, 5.74) is 7.64. The lowest BCUT2D eigenvalue weighted by molar-refractivity contribution is -0.122. The number of benzene rings is 1. The van der Waals surface area contributed by atoms with E-state index in [1.807, 2.05) is 43.5 Å². The van der Waals surface area contributed by atoms with Crippen molar-refractivity contribution in [2.24, 2.45) is 5.73 Å². The second-order valence-corrected chi connectivity index (χ2v) is 4.31. The summed E-state index contributed by atoms with van der Waals surface area (Å²) >= 11 is 0. The molecule has 100 valence electrons. The SMILES string of the molecule is CC[C@@H](N)C(=O)NCc1ccccc1-n1cccn1. The number of carbonyl (C=O) groups excluding carboxylic acids is 1. The molecule has 19 heavy (non-hydrogen) atoms. The van der Waals surface area contributed by atoms with Crippen molar-refractivity contribution in [1.82, 2.24) is 15.1 Å². The maximum atomic E-state index is 11.7. The third-order valence-corrected chi connectivity index (χ3v) is 2.97. The molecule has 0 saturated heterocycles. The number of aromatic nitrogens is 2. The highest BCUT2D eigenvalue weighted by Crippen LogP contribution is 2.13. The molecular weight excluding hydrogens is 240 g/mol. The van der Waals surface area contributed by atoms with Crippen LogP contribution in [0, 0.1) is 0 Å². The fourth-order valence-corrected chi connectivity index (χ4v) is 1.79. The summed E-state index contributed by atoms with van der Waals surface area (Å²) in [6.45, 7) is 2.34. The Morgan fingerprint density at radius 3 is 2.89 bits per heavy atom. The molecule has 0 unspecified atom stereocenters. The molecule has 0 aliphatic heterocycles. The van der Waals surface area contributed by atoms with E-state index in [0.717, 1.165) is 11.3 Å². The lowest BCUT2D eigenvalue weighted by atomic mass is 10.1. The zero-order valence-electron chi connectivity index (χ0n) is 10.9. The van der Waals surface area contributed by atoms with Gasteiger partial charge >= 0.3 is 0 Å². The standard InChI is InChI=1S/C14H18N4O/c1-2-12(15)14(19)16-10-11-6-3-4-7-13(11)18-9-5-8-17-18/h3-9,12H,2,10,15H2,1H3,(H,16,19)/t12-/m1/s1. The summed E-state index contributed by atoms with van der Waals surface area (Å²) in [5.74, 6) is -0.127. The van der Waals surface area contributed by atoms with Gasteiger partial charge < -0.3 is 11.1 Å². The maximum absolute atomic E-state index is 11.7. The summed E-state index contributed by atoms with van der Waals surface area (Å²) in [5, 5.41) is 7.05. The number of carbonyl (C=O) groups is 1. The fraction of sp³-hybridized carbons (Fsp3) is 0.286. The van der Waals surface area contributed by atoms with Gasteiger partial charge in [-0.1, -0.05) is 25.1 Å². The van der Waals surface area contributed by atoms with Gasteiger partial charge in [-0.05, 0) is 24.1 Å². The third kappa shape index (κ3) is 3.20. The van der Waals surface area contributed by atoms with Gasteiger partial charge in [0.1, 0.15) is 0 Å². The third-order valence-electron chi connectivity index (χ3n) is 2.97. The van der Waals surface area contributed by atoms with Crippen molar-refractivity contribution in [2.75, 3.05) is 0 Å². The highest BCUT2D eigenvalue weighted by molar-refractivity contribution is 5.81. The fourth-order valence-electron chi connectivity index (χ4n) is 1.79. The van der Waals surface area contributed by atoms with Crippen LogP contribution in [0.2, 0.25) is 0 Å². The largest absolute Gasteiger partial charge is 0.351 e. The van der Waals surface area contributed by atoms with E-state index in [-0.39, 0.29) is 5.91 Å². The highest BCUT2D eigenvalue weighted by Gasteiger charge is 2.11. The van der Waals surface area contributed by atoms with E-state index in [1.54, 1.807) is 10.9 Å². The lowest BCUT2D eigenvalue weighted by Gasteiger charge is -2.13. The number of hydrogen-bond acceptors (Lipinski definition) is 3. The van der Waals surface area contributed by atoms with Crippen LogP contribution in [0.4, 0.5) is 0 Å². The van der Waals surface area contributed by atoms with E-state index < -0.39 is 6.04 Å². The van der Waals surface area contributed by atoms with E-state index in [1.165, 1.54) is 0 Å². The Kier molecular flexibility index (Phi) is 4.30. The molecule has 1 heterocycles. The van der Waals surface area contributed by atoms with Crippen LogP contribution in [0.3, 0.4) is 0 Å². The molecule has 0 saturated carbocycles. The topological polar surface area (TPSA) is 72.9 Å². The summed E-state index contributed by atoms with van der Waals surface area (Å²) in [7, 11) is 0. The molecule has 5 nitrogen and oxygen atoms in total. The van der Waals surface area contributed by atoms with Crippen molar-refractivity contribution >= 4 is 5.91 Å². The van der Waals surface area contributed by atoms with Gasteiger partial charge in [-0.15, -0.1) is 0 Å². The van der Waals surface area contributed by atoms with Gasteiger partial charge in [0.2, 0.25) is 5.91 Å². The Bertz CT molecular complexity index is 536. The van der Waals surface area contributed by atoms with Crippen LogP contribution < -0.4 is 11.1 Å². The molecule has 0 fully saturated rings.